The minimum Gasteiger partial charge on any atom is -0.390 e. The summed E-state index contributed by atoms with van der Waals surface area (Å²) in [5.41, 5.74) is 6.47. The van der Waals surface area contributed by atoms with Crippen LogP contribution in [0.15, 0.2) is 42.6 Å². The number of aliphatic hydroxyl groups excluding tert-OH is 1. The van der Waals surface area contributed by atoms with Crippen LogP contribution in [0.1, 0.15) is 35.0 Å². The molecule has 0 aliphatic heterocycles. The van der Waals surface area contributed by atoms with E-state index in [1.165, 1.54) is 16.7 Å². The lowest BCUT2D eigenvalue weighted by Crippen LogP contribution is -1.98. The molecule has 0 saturated carbocycles. The molecular weight excluding hydrogens is 260 g/mol. The molecule has 108 valence electrons. The zero-order chi connectivity index (χ0) is 14.8. The van der Waals surface area contributed by atoms with Gasteiger partial charge >= 0.3 is 0 Å². The van der Waals surface area contributed by atoms with Gasteiger partial charge in [-0.25, -0.2) is 4.98 Å². The summed E-state index contributed by atoms with van der Waals surface area (Å²) in [6, 6.07) is 12.7. The van der Waals surface area contributed by atoms with Gasteiger partial charge in [-0.2, -0.15) is 0 Å². The van der Waals surface area contributed by atoms with E-state index < -0.39 is 0 Å². The van der Waals surface area contributed by atoms with Gasteiger partial charge in [-0.3, -0.25) is 0 Å². The summed E-state index contributed by atoms with van der Waals surface area (Å²) < 4.78 is 1.97. The molecule has 0 amide bonds. The van der Waals surface area contributed by atoms with Crippen molar-refractivity contribution in [3.8, 4) is 0 Å². The van der Waals surface area contributed by atoms with Gasteiger partial charge < -0.3 is 9.51 Å². The Morgan fingerprint density at radius 2 is 1.81 bits per heavy atom. The molecule has 0 aliphatic rings. The smallest absolute Gasteiger partial charge is 0.137 e. The summed E-state index contributed by atoms with van der Waals surface area (Å²) in [6.07, 6.45) is 3.78. The first-order valence-electron chi connectivity index (χ1n) is 7.36. The monoisotopic (exact) mass is 280 g/mol. The molecule has 3 rings (SSSR count). The van der Waals surface area contributed by atoms with Crippen molar-refractivity contribution in [2.75, 3.05) is 0 Å². The van der Waals surface area contributed by atoms with Gasteiger partial charge in [0.25, 0.3) is 0 Å². The van der Waals surface area contributed by atoms with E-state index in [0.29, 0.717) is 0 Å². The van der Waals surface area contributed by atoms with E-state index in [1.807, 2.05) is 22.7 Å². The van der Waals surface area contributed by atoms with Crippen molar-refractivity contribution in [3.63, 3.8) is 0 Å². The first-order chi connectivity index (χ1) is 10.2. The summed E-state index contributed by atoms with van der Waals surface area (Å²) >= 11 is 0. The van der Waals surface area contributed by atoms with Crippen LogP contribution in [0.4, 0.5) is 0 Å². The van der Waals surface area contributed by atoms with Crippen LogP contribution in [0.5, 0.6) is 0 Å². The van der Waals surface area contributed by atoms with Crippen molar-refractivity contribution >= 4 is 5.65 Å². The van der Waals surface area contributed by atoms with E-state index in [2.05, 4.69) is 43.1 Å². The number of nitrogens with zero attached hydrogens (tertiary/aromatic N) is 2. The third-order valence-electron chi connectivity index (χ3n) is 3.92. The highest BCUT2D eigenvalue weighted by molar-refractivity contribution is 5.46. The molecule has 0 saturated heterocycles. The Bertz CT molecular complexity index is 757. The van der Waals surface area contributed by atoms with Crippen LogP contribution < -0.4 is 0 Å². The fourth-order valence-electron chi connectivity index (χ4n) is 2.64. The number of hydrogen-bond donors (Lipinski definition) is 1. The quantitative estimate of drug-likeness (QED) is 0.796. The zero-order valence-electron chi connectivity index (χ0n) is 12.5. The number of rotatable bonds is 4. The minimum absolute atomic E-state index is 0.00655. The van der Waals surface area contributed by atoms with Gasteiger partial charge in [0.05, 0.1) is 18.0 Å². The Morgan fingerprint density at radius 1 is 1.10 bits per heavy atom. The highest BCUT2D eigenvalue weighted by atomic mass is 16.3. The Balaban J connectivity index is 1.98. The van der Waals surface area contributed by atoms with Crippen molar-refractivity contribution in [2.45, 2.75) is 33.3 Å². The molecule has 1 N–H and O–H groups in total. The number of aryl methyl sites for hydroxylation is 2. The van der Waals surface area contributed by atoms with Gasteiger partial charge in [0.1, 0.15) is 5.65 Å². The van der Waals surface area contributed by atoms with Crippen molar-refractivity contribution in [1.29, 1.82) is 0 Å². The summed E-state index contributed by atoms with van der Waals surface area (Å²) in [5.74, 6) is 0. The summed E-state index contributed by atoms with van der Waals surface area (Å²) in [4.78, 5) is 4.69. The van der Waals surface area contributed by atoms with Crippen molar-refractivity contribution in [1.82, 2.24) is 9.38 Å². The van der Waals surface area contributed by atoms with Crippen molar-refractivity contribution < 1.29 is 5.11 Å². The van der Waals surface area contributed by atoms with Crippen LogP contribution >= 0.6 is 0 Å². The number of aliphatic hydroxyl groups is 1. The number of aromatic nitrogens is 2. The molecule has 21 heavy (non-hydrogen) atoms. The van der Waals surface area contributed by atoms with E-state index in [4.69, 9.17) is 0 Å². The second-order valence-corrected chi connectivity index (χ2v) is 5.44. The van der Waals surface area contributed by atoms with Gasteiger partial charge in [0, 0.05) is 12.6 Å². The molecule has 0 fully saturated rings. The standard InChI is InChI=1S/C18H20N2O/c1-3-14-4-6-15(7-5-14)11-16-17(12-21)20-9-8-13(2)10-18(20)19-16/h4-10,21H,3,11-12H2,1-2H3. The maximum Gasteiger partial charge on any atom is 0.137 e. The fraction of sp³-hybridized carbons (Fsp3) is 0.278. The van der Waals surface area contributed by atoms with Gasteiger partial charge in [-0.05, 0) is 42.2 Å². The molecule has 0 aliphatic carbocycles. The fourth-order valence-corrected chi connectivity index (χ4v) is 2.64. The first-order valence-corrected chi connectivity index (χ1v) is 7.36. The number of imidazole rings is 1. The van der Waals surface area contributed by atoms with E-state index in [-0.39, 0.29) is 6.61 Å². The molecule has 0 atom stereocenters. The molecule has 0 spiro atoms. The van der Waals surface area contributed by atoms with E-state index in [0.717, 1.165) is 29.9 Å². The largest absolute Gasteiger partial charge is 0.390 e. The van der Waals surface area contributed by atoms with Gasteiger partial charge in [0.2, 0.25) is 0 Å². The lowest BCUT2D eigenvalue weighted by molar-refractivity contribution is 0.274. The number of hydrogen-bond acceptors (Lipinski definition) is 2. The zero-order valence-corrected chi connectivity index (χ0v) is 12.5. The Kier molecular flexibility index (Phi) is 3.76. The number of pyridine rings is 1. The van der Waals surface area contributed by atoms with Crippen molar-refractivity contribution in [3.05, 3.63) is 70.7 Å². The molecule has 2 aromatic heterocycles. The third kappa shape index (κ3) is 2.69. The molecule has 2 heterocycles. The SMILES string of the molecule is CCc1ccc(Cc2nc3cc(C)ccn3c2CO)cc1. The first kappa shape index (κ1) is 13.8. The van der Waals surface area contributed by atoms with Crippen LogP contribution in [0.3, 0.4) is 0 Å². The van der Waals surface area contributed by atoms with Crippen molar-refractivity contribution in [2.24, 2.45) is 0 Å². The summed E-state index contributed by atoms with van der Waals surface area (Å²) in [6.45, 7) is 4.21. The number of benzene rings is 1. The highest BCUT2D eigenvalue weighted by Gasteiger charge is 2.11. The molecule has 3 aromatic rings. The third-order valence-corrected chi connectivity index (χ3v) is 3.92. The molecule has 3 heteroatoms. The maximum atomic E-state index is 9.67. The second-order valence-electron chi connectivity index (χ2n) is 5.44. The second kappa shape index (κ2) is 5.70. The van der Waals surface area contributed by atoms with Crippen LogP contribution in [-0.2, 0) is 19.4 Å². The predicted molar refractivity (Wildman–Crippen MR) is 84.5 cm³/mol. The van der Waals surface area contributed by atoms with Gasteiger partial charge in [0.15, 0.2) is 0 Å². The average molecular weight is 280 g/mol. The van der Waals surface area contributed by atoms with E-state index in [9.17, 15) is 5.11 Å². The highest BCUT2D eigenvalue weighted by Crippen LogP contribution is 2.18. The Labute approximate surface area is 124 Å². The minimum atomic E-state index is 0.00655. The van der Waals surface area contributed by atoms with Crippen LogP contribution in [0.2, 0.25) is 0 Å². The molecule has 0 unspecified atom stereocenters. The lowest BCUT2D eigenvalue weighted by atomic mass is 10.1. The van der Waals surface area contributed by atoms with E-state index >= 15 is 0 Å². The predicted octanol–water partition coefficient (Wildman–Crippen LogP) is 3.29. The molecule has 0 radical (unpaired) electrons. The van der Waals surface area contributed by atoms with E-state index in [1.54, 1.807) is 0 Å². The van der Waals surface area contributed by atoms with Crippen LogP contribution in [0.25, 0.3) is 5.65 Å². The Hall–Kier alpha value is -2.13. The molecule has 1 aromatic carbocycles. The van der Waals surface area contributed by atoms with Crippen LogP contribution in [0, 0.1) is 6.92 Å². The van der Waals surface area contributed by atoms with Gasteiger partial charge in [-0.15, -0.1) is 0 Å². The molecular formula is C18H20N2O. The normalized spacial score (nSPS) is 11.2. The summed E-state index contributed by atoms with van der Waals surface area (Å²) in [5, 5.41) is 9.67. The topological polar surface area (TPSA) is 37.5 Å². The molecule has 0 bridgehead atoms. The lowest BCUT2D eigenvalue weighted by Gasteiger charge is -2.03. The molecule has 3 nitrogen and oxygen atoms in total. The average Bonchev–Trinajstić information content (AvgIpc) is 2.84. The van der Waals surface area contributed by atoms with Gasteiger partial charge in [-0.1, -0.05) is 31.2 Å². The van der Waals surface area contributed by atoms with Crippen LogP contribution in [-0.4, -0.2) is 14.5 Å². The Morgan fingerprint density at radius 3 is 2.48 bits per heavy atom. The number of fused-ring (bicyclic) bond motifs is 1. The summed E-state index contributed by atoms with van der Waals surface area (Å²) in [7, 11) is 0. The maximum absolute atomic E-state index is 9.67.